The van der Waals surface area contributed by atoms with E-state index < -0.39 is 5.82 Å². The quantitative estimate of drug-likeness (QED) is 0.783. The van der Waals surface area contributed by atoms with E-state index >= 15 is 0 Å². The minimum atomic E-state index is -0.486. The molecule has 20 heavy (non-hydrogen) atoms. The van der Waals surface area contributed by atoms with E-state index in [4.69, 9.17) is 17.3 Å². The summed E-state index contributed by atoms with van der Waals surface area (Å²) in [5.74, 6) is -0.844. The number of rotatable bonds is 2. The molecule has 0 saturated heterocycles. The van der Waals surface area contributed by atoms with Gasteiger partial charge in [-0.15, -0.1) is 0 Å². The summed E-state index contributed by atoms with van der Waals surface area (Å²) in [6.07, 6.45) is 0. The van der Waals surface area contributed by atoms with Gasteiger partial charge in [0.25, 0.3) is 5.91 Å². The molecule has 0 aliphatic heterocycles. The molecule has 0 spiro atoms. The number of anilines is 2. The molecular formula is C14H11BrClFN2O. The van der Waals surface area contributed by atoms with E-state index in [0.717, 1.165) is 11.6 Å². The van der Waals surface area contributed by atoms with Crippen LogP contribution in [0.2, 0.25) is 5.02 Å². The smallest absolute Gasteiger partial charge is 0.256 e. The lowest BCUT2D eigenvalue weighted by Crippen LogP contribution is -2.14. The first-order chi connectivity index (χ1) is 9.38. The number of nitrogen functional groups attached to an aromatic ring is 1. The highest BCUT2D eigenvalue weighted by molar-refractivity contribution is 9.10. The van der Waals surface area contributed by atoms with Crippen molar-refractivity contribution in [2.24, 2.45) is 0 Å². The largest absolute Gasteiger partial charge is 0.399 e. The van der Waals surface area contributed by atoms with Gasteiger partial charge >= 0.3 is 0 Å². The molecule has 0 heterocycles. The number of hydrogen-bond donors (Lipinski definition) is 2. The maximum Gasteiger partial charge on any atom is 0.256 e. The summed E-state index contributed by atoms with van der Waals surface area (Å²) < 4.78 is 13.5. The zero-order chi connectivity index (χ0) is 14.9. The van der Waals surface area contributed by atoms with Crippen LogP contribution in [-0.2, 0) is 0 Å². The molecule has 2 rings (SSSR count). The minimum Gasteiger partial charge on any atom is -0.399 e. The molecule has 2 aromatic rings. The summed E-state index contributed by atoms with van der Waals surface area (Å²) in [6, 6.07) is 7.41. The van der Waals surface area contributed by atoms with Crippen LogP contribution in [0, 0.1) is 12.7 Å². The number of nitrogens with two attached hydrogens (primary N) is 1. The summed E-state index contributed by atoms with van der Waals surface area (Å²) in [5.41, 5.74) is 7.71. The summed E-state index contributed by atoms with van der Waals surface area (Å²) in [4.78, 5) is 12.2. The molecule has 0 saturated carbocycles. The van der Waals surface area contributed by atoms with Crippen molar-refractivity contribution in [3.05, 3.63) is 56.8 Å². The van der Waals surface area contributed by atoms with Crippen LogP contribution in [0.4, 0.5) is 15.8 Å². The third kappa shape index (κ3) is 3.11. The second-order valence-corrected chi connectivity index (χ2v) is 5.53. The number of nitrogens with one attached hydrogen (secondary N) is 1. The molecule has 0 aromatic heterocycles. The lowest BCUT2D eigenvalue weighted by Gasteiger charge is -2.11. The Hall–Kier alpha value is -1.59. The van der Waals surface area contributed by atoms with E-state index in [-0.39, 0.29) is 10.9 Å². The number of carbonyl (C=O) groups excluding carboxylic acids is 1. The zero-order valence-corrected chi connectivity index (χ0v) is 12.8. The van der Waals surface area contributed by atoms with Crippen LogP contribution in [0.3, 0.4) is 0 Å². The predicted molar refractivity (Wildman–Crippen MR) is 82.7 cm³/mol. The van der Waals surface area contributed by atoms with Gasteiger partial charge in [-0.25, -0.2) is 4.39 Å². The van der Waals surface area contributed by atoms with Crippen molar-refractivity contribution in [3.8, 4) is 0 Å². The van der Waals surface area contributed by atoms with E-state index in [1.54, 1.807) is 25.1 Å². The highest BCUT2D eigenvalue weighted by atomic mass is 79.9. The number of benzene rings is 2. The van der Waals surface area contributed by atoms with Gasteiger partial charge in [-0.3, -0.25) is 4.79 Å². The summed E-state index contributed by atoms with van der Waals surface area (Å²) >= 11 is 9.10. The molecule has 104 valence electrons. The number of amides is 1. The molecule has 1 amide bonds. The molecule has 0 unspecified atom stereocenters. The van der Waals surface area contributed by atoms with Gasteiger partial charge in [0.15, 0.2) is 0 Å². The van der Waals surface area contributed by atoms with Gasteiger partial charge in [-0.2, -0.15) is 0 Å². The Balaban J connectivity index is 2.35. The van der Waals surface area contributed by atoms with E-state index in [1.807, 2.05) is 0 Å². The molecule has 0 fully saturated rings. The zero-order valence-electron chi connectivity index (χ0n) is 10.5. The second kappa shape index (κ2) is 5.81. The fourth-order valence-corrected chi connectivity index (χ4v) is 2.63. The van der Waals surface area contributed by atoms with E-state index in [9.17, 15) is 9.18 Å². The predicted octanol–water partition coefficient (Wildman–Crippen LogP) is 4.38. The molecule has 6 heteroatoms. The summed E-state index contributed by atoms with van der Waals surface area (Å²) in [7, 11) is 0. The third-order valence-corrected chi connectivity index (χ3v) is 3.68. The highest BCUT2D eigenvalue weighted by Crippen LogP contribution is 2.32. The van der Waals surface area contributed by atoms with Crippen molar-refractivity contribution in [3.63, 3.8) is 0 Å². The summed E-state index contributed by atoms with van der Waals surface area (Å²) in [6.45, 7) is 1.80. The number of halogens is 3. The van der Waals surface area contributed by atoms with Crippen LogP contribution in [0.25, 0.3) is 0 Å². The third-order valence-electron chi connectivity index (χ3n) is 2.75. The fourth-order valence-electron chi connectivity index (χ4n) is 1.73. The number of hydrogen-bond acceptors (Lipinski definition) is 2. The number of carbonyl (C=O) groups is 1. The Morgan fingerprint density at radius 1 is 1.35 bits per heavy atom. The molecule has 0 bridgehead atoms. The highest BCUT2D eigenvalue weighted by Gasteiger charge is 2.14. The maximum absolute atomic E-state index is 13.1. The lowest BCUT2D eigenvalue weighted by atomic mass is 10.1. The lowest BCUT2D eigenvalue weighted by molar-refractivity contribution is 0.102. The monoisotopic (exact) mass is 356 g/mol. The van der Waals surface area contributed by atoms with E-state index in [0.29, 0.717) is 21.4 Å². The van der Waals surface area contributed by atoms with Gasteiger partial charge in [0.05, 0.1) is 10.7 Å². The van der Waals surface area contributed by atoms with E-state index in [1.165, 1.54) is 6.07 Å². The van der Waals surface area contributed by atoms with Gasteiger partial charge in [-0.05, 0) is 52.7 Å². The number of aryl methyl sites for hydroxylation is 1. The first-order valence-corrected chi connectivity index (χ1v) is 6.87. The Morgan fingerprint density at radius 2 is 2.05 bits per heavy atom. The minimum absolute atomic E-state index is 0.117. The average Bonchev–Trinajstić information content (AvgIpc) is 2.36. The molecule has 0 aliphatic rings. The molecule has 3 N–H and O–H groups in total. The van der Waals surface area contributed by atoms with Gasteiger partial charge in [0.2, 0.25) is 0 Å². The first-order valence-electron chi connectivity index (χ1n) is 5.70. The maximum atomic E-state index is 13.1. The molecular weight excluding hydrogens is 347 g/mol. The molecule has 2 aromatic carbocycles. The normalized spacial score (nSPS) is 10.4. The van der Waals surface area contributed by atoms with Crippen LogP contribution < -0.4 is 11.1 Å². The van der Waals surface area contributed by atoms with Crippen LogP contribution in [0.15, 0.2) is 34.8 Å². The van der Waals surface area contributed by atoms with Crippen molar-refractivity contribution < 1.29 is 9.18 Å². The van der Waals surface area contributed by atoms with Crippen LogP contribution in [-0.4, -0.2) is 5.91 Å². The van der Waals surface area contributed by atoms with Gasteiger partial charge in [0.1, 0.15) is 5.82 Å². The van der Waals surface area contributed by atoms with Crippen molar-refractivity contribution in [1.82, 2.24) is 0 Å². The van der Waals surface area contributed by atoms with Crippen molar-refractivity contribution in [1.29, 1.82) is 0 Å². The SMILES string of the molecule is Cc1ccc(N)cc1C(=O)Nc1c(Cl)cc(F)cc1Br. The molecule has 0 aliphatic carbocycles. The Morgan fingerprint density at radius 3 is 2.70 bits per heavy atom. The molecule has 0 radical (unpaired) electrons. The van der Waals surface area contributed by atoms with Crippen LogP contribution in [0.5, 0.6) is 0 Å². The Kier molecular flexibility index (Phi) is 4.30. The molecule has 3 nitrogen and oxygen atoms in total. The standard InChI is InChI=1S/C14H11BrClFN2O/c1-7-2-3-9(18)6-10(7)14(20)19-13-11(15)4-8(17)5-12(13)16/h2-6H,18H2,1H3,(H,19,20). The van der Waals surface area contributed by atoms with Crippen LogP contribution >= 0.6 is 27.5 Å². The summed E-state index contributed by atoms with van der Waals surface area (Å²) in [5, 5.41) is 2.77. The average molecular weight is 358 g/mol. The topological polar surface area (TPSA) is 55.1 Å². The first kappa shape index (κ1) is 14.8. The fraction of sp³-hybridized carbons (Fsp3) is 0.0714. The van der Waals surface area contributed by atoms with Gasteiger partial charge in [-0.1, -0.05) is 17.7 Å². The van der Waals surface area contributed by atoms with Crippen molar-refractivity contribution >= 4 is 44.8 Å². The van der Waals surface area contributed by atoms with Crippen molar-refractivity contribution in [2.75, 3.05) is 11.1 Å². The second-order valence-electron chi connectivity index (χ2n) is 4.27. The molecule has 0 atom stereocenters. The van der Waals surface area contributed by atoms with Gasteiger partial charge in [0, 0.05) is 15.7 Å². The van der Waals surface area contributed by atoms with Crippen molar-refractivity contribution in [2.45, 2.75) is 6.92 Å². The Labute approximate surface area is 129 Å². The van der Waals surface area contributed by atoms with E-state index in [2.05, 4.69) is 21.2 Å². The Bertz CT molecular complexity index is 668. The van der Waals surface area contributed by atoms with Crippen LogP contribution in [0.1, 0.15) is 15.9 Å². The van der Waals surface area contributed by atoms with Gasteiger partial charge < -0.3 is 11.1 Å².